The van der Waals surface area contributed by atoms with E-state index in [0.29, 0.717) is 13.2 Å². The second kappa shape index (κ2) is 5.76. The maximum Gasteiger partial charge on any atom is 0.330 e. The fourth-order valence-electron chi connectivity index (χ4n) is 1.56. The number of rotatable bonds is 3. The highest BCUT2D eigenvalue weighted by Gasteiger charge is 2.25. The fraction of sp³-hybridized carbons (Fsp3) is 0.556. The summed E-state index contributed by atoms with van der Waals surface area (Å²) < 4.78 is 17.2. The minimum absolute atomic E-state index is 0.218. The first-order valence-corrected chi connectivity index (χ1v) is 5.87. The van der Waals surface area contributed by atoms with Gasteiger partial charge in [-0.25, -0.2) is 4.79 Å². The second-order valence-electron chi connectivity index (χ2n) is 3.54. The van der Waals surface area contributed by atoms with Crippen LogP contribution in [0.1, 0.15) is 6.23 Å². The van der Waals surface area contributed by atoms with E-state index in [0.717, 1.165) is 0 Å². The third-order valence-corrected chi connectivity index (χ3v) is 2.68. The van der Waals surface area contributed by atoms with Gasteiger partial charge in [-0.05, 0) is 0 Å². The van der Waals surface area contributed by atoms with Crippen LogP contribution in [0.2, 0.25) is 0 Å². The van der Waals surface area contributed by atoms with Crippen molar-refractivity contribution in [1.29, 1.82) is 0 Å². The SMILES string of the molecule is O=c1ccn([C@H]2COC[C@@H](COI)O2)c(=O)[nH]1. The van der Waals surface area contributed by atoms with E-state index in [1.165, 1.54) is 16.8 Å². The van der Waals surface area contributed by atoms with Crippen LogP contribution in [-0.4, -0.2) is 35.5 Å². The Kier molecular flexibility index (Phi) is 4.31. The Morgan fingerprint density at radius 1 is 1.53 bits per heavy atom. The third-order valence-electron chi connectivity index (χ3n) is 2.32. The molecule has 94 valence electrons. The quantitative estimate of drug-likeness (QED) is 0.762. The van der Waals surface area contributed by atoms with Crippen LogP contribution in [-0.2, 0) is 12.5 Å². The minimum atomic E-state index is -0.537. The van der Waals surface area contributed by atoms with E-state index in [1.807, 2.05) is 0 Å². The number of nitrogens with zero attached hydrogens (tertiary/aromatic N) is 1. The smallest absolute Gasteiger partial charge is 0.330 e. The molecule has 2 rings (SSSR count). The monoisotopic (exact) mass is 354 g/mol. The number of hydrogen-bond donors (Lipinski definition) is 1. The fourth-order valence-corrected chi connectivity index (χ4v) is 1.96. The molecule has 1 aliphatic rings. The van der Waals surface area contributed by atoms with Crippen LogP contribution in [0.5, 0.6) is 0 Å². The molecule has 1 aromatic rings. The first-order chi connectivity index (χ1) is 8.20. The molecule has 1 N–H and O–H groups in total. The topological polar surface area (TPSA) is 82.5 Å². The van der Waals surface area contributed by atoms with Gasteiger partial charge in [-0.3, -0.25) is 14.3 Å². The summed E-state index contributed by atoms with van der Waals surface area (Å²) in [4.78, 5) is 24.6. The standard InChI is InChI=1S/C9H11IN2O5/c10-16-4-6-3-15-5-8(17-6)12-2-1-7(13)11-9(12)14/h1-2,6,8H,3-5H2,(H,11,13,14)/t6-,8+/m0/s1. The summed E-state index contributed by atoms with van der Waals surface area (Å²) in [5, 5.41) is 0. The molecule has 0 spiro atoms. The molecule has 2 heterocycles. The van der Waals surface area contributed by atoms with Gasteiger partial charge in [-0.2, -0.15) is 0 Å². The van der Waals surface area contributed by atoms with Crippen molar-refractivity contribution in [3.05, 3.63) is 33.1 Å². The lowest BCUT2D eigenvalue weighted by atomic mass is 10.3. The predicted octanol–water partition coefficient (Wildman–Crippen LogP) is -0.183. The Bertz CT molecular complexity index is 483. The molecule has 0 amide bonds. The molecule has 1 aliphatic heterocycles. The van der Waals surface area contributed by atoms with E-state index >= 15 is 0 Å². The van der Waals surface area contributed by atoms with Gasteiger partial charge in [-0.15, -0.1) is 0 Å². The van der Waals surface area contributed by atoms with Gasteiger partial charge in [0.05, 0.1) is 19.8 Å². The van der Waals surface area contributed by atoms with Gasteiger partial charge in [0.2, 0.25) is 0 Å². The van der Waals surface area contributed by atoms with Gasteiger partial charge in [0, 0.05) is 12.3 Å². The predicted molar refractivity (Wildman–Crippen MR) is 66.0 cm³/mol. The van der Waals surface area contributed by atoms with Gasteiger partial charge < -0.3 is 12.5 Å². The molecule has 1 aromatic heterocycles. The van der Waals surface area contributed by atoms with E-state index in [1.54, 1.807) is 23.0 Å². The zero-order valence-electron chi connectivity index (χ0n) is 8.80. The van der Waals surface area contributed by atoms with Crippen LogP contribution in [0.25, 0.3) is 0 Å². The maximum atomic E-state index is 11.5. The van der Waals surface area contributed by atoms with Crippen LogP contribution in [0.15, 0.2) is 21.9 Å². The molecule has 1 saturated heterocycles. The normalized spacial score (nSPS) is 24.8. The first kappa shape index (κ1) is 12.7. The molecule has 0 radical (unpaired) electrons. The Hall–Kier alpha value is -0.710. The Morgan fingerprint density at radius 3 is 3.06 bits per heavy atom. The summed E-state index contributed by atoms with van der Waals surface area (Å²) in [6, 6.07) is 1.27. The largest absolute Gasteiger partial charge is 0.374 e. The number of nitrogens with one attached hydrogen (secondary N) is 1. The summed E-state index contributed by atoms with van der Waals surface area (Å²) in [7, 11) is 0. The molecule has 2 atom stereocenters. The Balaban J connectivity index is 2.16. The van der Waals surface area contributed by atoms with Gasteiger partial charge in [0.15, 0.2) is 6.23 Å². The van der Waals surface area contributed by atoms with Crippen molar-refractivity contribution < 1.29 is 12.5 Å². The van der Waals surface area contributed by atoms with Crippen molar-refractivity contribution in [2.75, 3.05) is 19.8 Å². The van der Waals surface area contributed by atoms with E-state index in [9.17, 15) is 9.59 Å². The molecule has 17 heavy (non-hydrogen) atoms. The van der Waals surface area contributed by atoms with Crippen molar-refractivity contribution in [1.82, 2.24) is 9.55 Å². The average molecular weight is 354 g/mol. The molecule has 0 unspecified atom stereocenters. The van der Waals surface area contributed by atoms with Crippen molar-refractivity contribution in [3.63, 3.8) is 0 Å². The highest BCUT2D eigenvalue weighted by Crippen LogP contribution is 2.16. The first-order valence-electron chi connectivity index (χ1n) is 4.99. The van der Waals surface area contributed by atoms with Crippen LogP contribution >= 0.6 is 23.0 Å². The van der Waals surface area contributed by atoms with Crippen LogP contribution in [0, 0.1) is 0 Å². The molecule has 7 nitrogen and oxygen atoms in total. The lowest BCUT2D eigenvalue weighted by Gasteiger charge is -2.30. The zero-order chi connectivity index (χ0) is 12.3. The highest BCUT2D eigenvalue weighted by atomic mass is 127. The van der Waals surface area contributed by atoms with E-state index in [4.69, 9.17) is 12.5 Å². The van der Waals surface area contributed by atoms with Crippen LogP contribution in [0.3, 0.4) is 0 Å². The van der Waals surface area contributed by atoms with Crippen molar-refractivity contribution in [2.45, 2.75) is 12.3 Å². The Labute approximate surface area is 110 Å². The molecule has 0 aromatic carbocycles. The lowest BCUT2D eigenvalue weighted by molar-refractivity contribution is -0.175. The molecular weight excluding hydrogens is 343 g/mol. The summed E-state index contributed by atoms with van der Waals surface area (Å²) in [5.74, 6) is 0. The highest BCUT2D eigenvalue weighted by molar-refractivity contribution is 14.1. The Morgan fingerprint density at radius 2 is 2.35 bits per heavy atom. The van der Waals surface area contributed by atoms with Crippen LogP contribution < -0.4 is 11.2 Å². The lowest BCUT2D eigenvalue weighted by Crippen LogP contribution is -2.41. The van der Waals surface area contributed by atoms with E-state index < -0.39 is 17.5 Å². The molecule has 0 saturated carbocycles. The maximum absolute atomic E-state index is 11.5. The molecule has 0 bridgehead atoms. The molecule has 8 heteroatoms. The number of aromatic nitrogens is 2. The van der Waals surface area contributed by atoms with Crippen LogP contribution in [0.4, 0.5) is 0 Å². The molecular formula is C9H11IN2O5. The van der Waals surface area contributed by atoms with Crippen molar-refractivity contribution in [3.8, 4) is 0 Å². The zero-order valence-corrected chi connectivity index (χ0v) is 11.0. The minimum Gasteiger partial charge on any atom is -0.374 e. The number of H-pyrrole nitrogens is 1. The third kappa shape index (κ3) is 3.15. The number of ether oxygens (including phenoxy) is 2. The van der Waals surface area contributed by atoms with Gasteiger partial charge in [-0.1, -0.05) is 0 Å². The summed E-state index contributed by atoms with van der Waals surface area (Å²) in [6.45, 7) is 1.08. The summed E-state index contributed by atoms with van der Waals surface area (Å²) in [5.41, 5.74) is -0.947. The second-order valence-corrected chi connectivity index (χ2v) is 4.17. The van der Waals surface area contributed by atoms with Gasteiger partial charge in [0.1, 0.15) is 29.1 Å². The van der Waals surface area contributed by atoms with E-state index in [2.05, 4.69) is 4.98 Å². The molecule has 1 fully saturated rings. The van der Waals surface area contributed by atoms with Crippen molar-refractivity contribution in [2.24, 2.45) is 0 Å². The van der Waals surface area contributed by atoms with Crippen molar-refractivity contribution >= 4 is 23.0 Å². The summed E-state index contributed by atoms with van der Waals surface area (Å²) >= 11 is 1.77. The molecule has 0 aliphatic carbocycles. The number of halogens is 1. The number of aromatic amines is 1. The van der Waals surface area contributed by atoms with Gasteiger partial charge >= 0.3 is 5.69 Å². The van der Waals surface area contributed by atoms with Gasteiger partial charge in [0.25, 0.3) is 5.56 Å². The van der Waals surface area contributed by atoms with E-state index in [-0.39, 0.29) is 12.7 Å². The summed E-state index contributed by atoms with van der Waals surface area (Å²) in [6.07, 6.45) is 0.636. The average Bonchev–Trinajstić information content (AvgIpc) is 2.29. The number of hydrogen-bond acceptors (Lipinski definition) is 5.